The number of ketones is 1. The molecule has 3 heterocycles. The Morgan fingerprint density at radius 3 is 2.70 bits per heavy atom. The maximum absolute atomic E-state index is 12.9. The van der Waals surface area contributed by atoms with Crippen molar-refractivity contribution in [2.75, 3.05) is 0 Å². The van der Waals surface area contributed by atoms with Crippen LogP contribution in [0.2, 0.25) is 0 Å². The number of allylic oxidation sites excluding steroid dienone is 2. The van der Waals surface area contributed by atoms with E-state index in [1.807, 2.05) is 19.1 Å². The van der Waals surface area contributed by atoms with E-state index in [1.165, 1.54) is 0 Å². The highest BCUT2D eigenvalue weighted by atomic mass is 127. The molecule has 1 aliphatic heterocycles. The monoisotopic (exact) mass is 477 g/mol. The molecule has 1 unspecified atom stereocenters. The number of hydrogen-bond donors (Lipinski definition) is 0. The molecule has 6 heteroatoms. The summed E-state index contributed by atoms with van der Waals surface area (Å²) >= 11 is 2.14. The van der Waals surface area contributed by atoms with Gasteiger partial charge in [-0.3, -0.25) is 9.78 Å². The minimum absolute atomic E-state index is 0.0713. The first-order valence-electron chi connectivity index (χ1n) is 9.04. The molecule has 0 saturated carbocycles. The Morgan fingerprint density at radius 1 is 1.26 bits per heavy atom. The minimum atomic E-state index is -0.456. The zero-order valence-electron chi connectivity index (χ0n) is 15.5. The zero-order chi connectivity index (χ0) is 19.3. The van der Waals surface area contributed by atoms with Gasteiger partial charge >= 0.3 is 5.63 Å². The maximum atomic E-state index is 12.9. The molecule has 0 N–H and O–H groups in total. The van der Waals surface area contributed by atoms with Crippen LogP contribution in [-0.4, -0.2) is 10.8 Å². The topological polar surface area (TPSA) is 69.4 Å². The Hall–Kier alpha value is -1.96. The van der Waals surface area contributed by atoms with E-state index in [9.17, 15) is 9.59 Å². The molecule has 4 rings (SSSR count). The number of Topliss-reactive ketones (excluding diaryl/α,β-unsaturated/α-hetero) is 1. The van der Waals surface area contributed by atoms with Gasteiger partial charge in [-0.25, -0.2) is 4.79 Å². The van der Waals surface area contributed by atoms with E-state index in [1.54, 1.807) is 12.3 Å². The Morgan fingerprint density at radius 2 is 2.04 bits per heavy atom. The van der Waals surface area contributed by atoms with Crippen molar-refractivity contribution in [2.24, 2.45) is 5.41 Å². The highest BCUT2D eigenvalue weighted by Gasteiger charge is 2.43. The van der Waals surface area contributed by atoms with Gasteiger partial charge in [0.15, 0.2) is 17.3 Å². The van der Waals surface area contributed by atoms with Crippen LogP contribution in [0.15, 0.2) is 44.9 Å². The van der Waals surface area contributed by atoms with Crippen LogP contribution >= 0.6 is 22.6 Å². The Balaban J connectivity index is 1.93. The van der Waals surface area contributed by atoms with E-state index in [2.05, 4.69) is 41.4 Å². The summed E-state index contributed by atoms with van der Waals surface area (Å²) in [6.45, 7) is 6.12. The predicted octanol–water partition coefficient (Wildman–Crippen LogP) is 4.84. The molecule has 0 bridgehead atoms. The highest BCUT2D eigenvalue weighted by Crippen LogP contribution is 2.49. The van der Waals surface area contributed by atoms with Gasteiger partial charge in [0.25, 0.3) is 0 Å². The average molecular weight is 477 g/mol. The summed E-state index contributed by atoms with van der Waals surface area (Å²) in [5.74, 6) is 1.41. The molecule has 2 aromatic rings. The van der Waals surface area contributed by atoms with Gasteiger partial charge in [-0.1, -0.05) is 26.8 Å². The summed E-state index contributed by atoms with van der Waals surface area (Å²) < 4.78 is 12.6. The standard InChI is InChI=1S/C21H20INO4/c1-4-11-15-13(24)9-21(2,3)10-14(15)26-19-16(11)20(25)27-18(17(19)22)12-7-5-6-8-23-12/h5-8,11H,4,9-10H2,1-3H3. The predicted molar refractivity (Wildman–Crippen MR) is 110 cm³/mol. The summed E-state index contributed by atoms with van der Waals surface area (Å²) in [5, 5.41) is 0. The molecule has 1 atom stereocenters. The molecule has 2 aliphatic rings. The number of fused-ring (bicyclic) bond motifs is 1. The largest absolute Gasteiger partial charge is 0.459 e. The summed E-state index contributed by atoms with van der Waals surface area (Å²) in [5.41, 5.74) is 1.08. The summed E-state index contributed by atoms with van der Waals surface area (Å²) in [4.78, 5) is 30.0. The molecule has 0 amide bonds. The third-order valence-electron chi connectivity index (χ3n) is 5.17. The van der Waals surface area contributed by atoms with E-state index in [4.69, 9.17) is 9.15 Å². The van der Waals surface area contributed by atoms with Gasteiger partial charge in [0.2, 0.25) is 0 Å². The van der Waals surface area contributed by atoms with Gasteiger partial charge in [0.05, 0.1) is 5.56 Å². The first-order chi connectivity index (χ1) is 12.8. The van der Waals surface area contributed by atoms with E-state index >= 15 is 0 Å². The van der Waals surface area contributed by atoms with Crippen molar-refractivity contribution in [3.05, 3.63) is 55.3 Å². The Bertz CT molecular complexity index is 1020. The van der Waals surface area contributed by atoms with Crippen molar-refractivity contribution in [3.63, 3.8) is 0 Å². The third kappa shape index (κ3) is 3.03. The smallest absolute Gasteiger partial charge is 0.343 e. The Kier molecular flexibility index (Phi) is 4.49. The minimum Gasteiger partial charge on any atom is -0.459 e. The van der Waals surface area contributed by atoms with Crippen molar-refractivity contribution in [1.82, 2.24) is 4.98 Å². The van der Waals surface area contributed by atoms with Gasteiger partial charge in [-0.05, 0) is 46.6 Å². The molecule has 2 aromatic heterocycles. The lowest BCUT2D eigenvalue weighted by Crippen LogP contribution is -2.34. The second-order valence-electron chi connectivity index (χ2n) is 7.83. The fourth-order valence-electron chi connectivity index (χ4n) is 4.00. The first-order valence-corrected chi connectivity index (χ1v) is 10.1. The highest BCUT2D eigenvalue weighted by molar-refractivity contribution is 14.1. The quantitative estimate of drug-likeness (QED) is 0.580. The number of hydrogen-bond acceptors (Lipinski definition) is 5. The molecular weight excluding hydrogens is 457 g/mol. The van der Waals surface area contributed by atoms with Crippen LogP contribution in [0.4, 0.5) is 0 Å². The van der Waals surface area contributed by atoms with Gasteiger partial charge in [-0.2, -0.15) is 0 Å². The number of halogens is 1. The molecule has 140 valence electrons. The number of rotatable bonds is 2. The summed E-state index contributed by atoms with van der Waals surface area (Å²) in [6, 6.07) is 5.45. The third-order valence-corrected chi connectivity index (χ3v) is 6.14. The van der Waals surface area contributed by atoms with Crippen molar-refractivity contribution < 1.29 is 13.9 Å². The molecule has 0 spiro atoms. The molecule has 5 nitrogen and oxygen atoms in total. The van der Waals surface area contributed by atoms with Crippen LogP contribution < -0.4 is 10.4 Å². The van der Waals surface area contributed by atoms with Gasteiger partial charge in [0, 0.05) is 30.5 Å². The van der Waals surface area contributed by atoms with E-state index in [-0.39, 0.29) is 17.1 Å². The van der Waals surface area contributed by atoms with Gasteiger partial charge in [-0.15, -0.1) is 0 Å². The van der Waals surface area contributed by atoms with Crippen molar-refractivity contribution in [2.45, 2.75) is 46.0 Å². The van der Waals surface area contributed by atoms with Gasteiger partial charge < -0.3 is 9.15 Å². The molecule has 0 aromatic carbocycles. The normalized spacial score (nSPS) is 20.7. The molecule has 0 radical (unpaired) electrons. The molecule has 1 aliphatic carbocycles. The Labute approximate surface area is 171 Å². The first kappa shape index (κ1) is 18.4. The van der Waals surface area contributed by atoms with Gasteiger partial charge in [0.1, 0.15) is 15.0 Å². The molecule has 0 saturated heterocycles. The fourth-order valence-corrected chi connectivity index (χ4v) is 4.79. The van der Waals surface area contributed by atoms with E-state index < -0.39 is 5.63 Å². The molecule has 0 fully saturated rings. The lowest BCUT2D eigenvalue weighted by molar-refractivity contribution is -0.119. The van der Waals surface area contributed by atoms with Crippen LogP contribution in [0, 0.1) is 8.99 Å². The number of pyridine rings is 1. The maximum Gasteiger partial charge on any atom is 0.343 e. The van der Waals surface area contributed by atoms with E-state index in [0.29, 0.717) is 56.9 Å². The van der Waals surface area contributed by atoms with Crippen molar-refractivity contribution in [3.8, 4) is 17.2 Å². The number of carbonyl (C=O) groups excluding carboxylic acids is 1. The zero-order valence-corrected chi connectivity index (χ0v) is 17.6. The van der Waals surface area contributed by atoms with E-state index in [0.717, 1.165) is 0 Å². The molecular formula is C21H20INO4. The summed E-state index contributed by atoms with van der Waals surface area (Å²) in [7, 11) is 0. The molecule has 27 heavy (non-hydrogen) atoms. The fraction of sp³-hybridized carbons (Fsp3) is 0.381. The summed E-state index contributed by atoms with van der Waals surface area (Å²) in [6.07, 6.45) is 3.45. The number of carbonyl (C=O) groups is 1. The second kappa shape index (κ2) is 6.58. The lowest BCUT2D eigenvalue weighted by atomic mass is 9.71. The lowest BCUT2D eigenvalue weighted by Gasteiger charge is -2.37. The number of ether oxygens (including phenoxy) is 1. The van der Waals surface area contributed by atoms with Crippen LogP contribution in [0.1, 0.15) is 51.5 Å². The van der Waals surface area contributed by atoms with Crippen molar-refractivity contribution >= 4 is 28.4 Å². The average Bonchev–Trinajstić information content (AvgIpc) is 2.62. The number of aromatic nitrogens is 1. The van der Waals surface area contributed by atoms with Crippen LogP contribution in [0.3, 0.4) is 0 Å². The van der Waals surface area contributed by atoms with Crippen LogP contribution in [-0.2, 0) is 4.79 Å². The van der Waals surface area contributed by atoms with Crippen LogP contribution in [0.25, 0.3) is 11.5 Å². The van der Waals surface area contributed by atoms with Crippen LogP contribution in [0.5, 0.6) is 5.75 Å². The number of nitrogens with zero attached hydrogens (tertiary/aromatic N) is 1. The van der Waals surface area contributed by atoms with Crippen molar-refractivity contribution in [1.29, 1.82) is 0 Å². The second-order valence-corrected chi connectivity index (χ2v) is 8.91. The SMILES string of the molecule is CCC1C2=C(CC(C)(C)CC2=O)Oc2c(I)c(-c3ccccn3)oc(=O)c21.